The minimum Gasteiger partial charge on any atom is -0.295 e. The molecule has 0 spiro atoms. The molecule has 0 aliphatic carbocycles. The van der Waals surface area contributed by atoms with Crippen LogP contribution in [0.4, 0.5) is 0 Å². The highest BCUT2D eigenvalue weighted by molar-refractivity contribution is 7.89. The molecule has 0 radical (unpaired) electrons. The van der Waals surface area contributed by atoms with Crippen molar-refractivity contribution in [3.05, 3.63) is 28.2 Å². The fraction of sp³-hybridized carbons (Fsp3) is 0.273. The second kappa shape index (κ2) is 5.69. The molecule has 1 fully saturated rings. The van der Waals surface area contributed by atoms with Gasteiger partial charge in [0.05, 0.1) is 10.0 Å². The summed E-state index contributed by atoms with van der Waals surface area (Å²) in [5, 5.41) is 2.04. The van der Waals surface area contributed by atoms with Gasteiger partial charge in [-0.15, -0.1) is 0 Å². The molecule has 2 rings (SSSR count). The van der Waals surface area contributed by atoms with Crippen molar-refractivity contribution in [3.8, 4) is 0 Å². The number of hydrogen-bond acceptors (Lipinski definition) is 4. The largest absolute Gasteiger partial charge is 0.295 e. The van der Waals surface area contributed by atoms with E-state index in [1.54, 1.807) is 0 Å². The van der Waals surface area contributed by atoms with Crippen molar-refractivity contribution >= 4 is 45.0 Å². The SMILES string of the molecule is O=C1CCC(NS(=O)(=O)c2cccc(Cl)c2Cl)C(=O)N1. The van der Waals surface area contributed by atoms with Gasteiger partial charge in [-0.05, 0) is 18.6 Å². The van der Waals surface area contributed by atoms with Crippen LogP contribution in [0.5, 0.6) is 0 Å². The van der Waals surface area contributed by atoms with Gasteiger partial charge >= 0.3 is 0 Å². The molecule has 1 atom stereocenters. The van der Waals surface area contributed by atoms with Crippen molar-refractivity contribution < 1.29 is 18.0 Å². The maximum absolute atomic E-state index is 12.2. The van der Waals surface area contributed by atoms with Crippen LogP contribution in [-0.2, 0) is 19.6 Å². The van der Waals surface area contributed by atoms with Crippen LogP contribution in [0, 0.1) is 0 Å². The molecular formula is C11H10Cl2N2O4S. The van der Waals surface area contributed by atoms with Gasteiger partial charge in [-0.25, -0.2) is 8.42 Å². The van der Waals surface area contributed by atoms with Gasteiger partial charge < -0.3 is 0 Å². The molecular weight excluding hydrogens is 327 g/mol. The lowest BCUT2D eigenvalue weighted by Gasteiger charge is -2.22. The number of hydrogen-bond donors (Lipinski definition) is 2. The number of piperidine rings is 1. The van der Waals surface area contributed by atoms with Crippen molar-refractivity contribution in [2.24, 2.45) is 0 Å². The van der Waals surface area contributed by atoms with Crippen LogP contribution in [0.25, 0.3) is 0 Å². The molecule has 2 N–H and O–H groups in total. The summed E-state index contributed by atoms with van der Waals surface area (Å²) in [7, 11) is -4.00. The lowest BCUT2D eigenvalue weighted by atomic mass is 10.1. The highest BCUT2D eigenvalue weighted by atomic mass is 35.5. The summed E-state index contributed by atoms with van der Waals surface area (Å²) >= 11 is 11.6. The van der Waals surface area contributed by atoms with Crippen LogP contribution < -0.4 is 10.0 Å². The molecule has 0 aromatic heterocycles. The Labute approximate surface area is 125 Å². The van der Waals surface area contributed by atoms with E-state index in [0.29, 0.717) is 0 Å². The van der Waals surface area contributed by atoms with E-state index in [9.17, 15) is 18.0 Å². The summed E-state index contributed by atoms with van der Waals surface area (Å²) < 4.78 is 26.6. The molecule has 0 bridgehead atoms. The molecule has 1 heterocycles. The summed E-state index contributed by atoms with van der Waals surface area (Å²) in [6, 6.07) is 3.16. The summed E-state index contributed by atoms with van der Waals surface area (Å²) in [5.41, 5.74) is 0. The summed E-state index contributed by atoms with van der Waals surface area (Å²) in [6.45, 7) is 0. The zero-order valence-corrected chi connectivity index (χ0v) is 12.3. The van der Waals surface area contributed by atoms with Crippen LogP contribution in [0.1, 0.15) is 12.8 Å². The van der Waals surface area contributed by atoms with Crippen LogP contribution in [-0.4, -0.2) is 26.3 Å². The van der Waals surface area contributed by atoms with E-state index in [1.807, 2.05) is 0 Å². The molecule has 1 aliphatic heterocycles. The summed E-state index contributed by atoms with van der Waals surface area (Å²) in [4.78, 5) is 22.3. The van der Waals surface area contributed by atoms with Crippen LogP contribution in [0.3, 0.4) is 0 Å². The maximum Gasteiger partial charge on any atom is 0.244 e. The standard InChI is InChI=1S/C11H10Cl2N2O4S/c12-6-2-1-3-8(10(6)13)20(18,19)15-7-4-5-9(16)14-11(7)17/h1-3,7,15H,4-5H2,(H,14,16,17). The molecule has 2 amide bonds. The van der Waals surface area contributed by atoms with Crippen molar-refractivity contribution in [1.82, 2.24) is 10.0 Å². The van der Waals surface area contributed by atoms with Crippen molar-refractivity contribution in [2.45, 2.75) is 23.8 Å². The number of carbonyl (C=O) groups is 2. The summed E-state index contributed by atoms with van der Waals surface area (Å²) in [5.74, 6) is -1.10. The smallest absolute Gasteiger partial charge is 0.244 e. The Balaban J connectivity index is 2.26. The average molecular weight is 337 g/mol. The number of carbonyl (C=O) groups excluding carboxylic acids is 2. The van der Waals surface area contributed by atoms with Crippen molar-refractivity contribution in [3.63, 3.8) is 0 Å². The Hall–Kier alpha value is -1.15. The molecule has 108 valence electrons. The van der Waals surface area contributed by atoms with E-state index in [1.165, 1.54) is 18.2 Å². The Morgan fingerprint density at radius 3 is 2.60 bits per heavy atom. The topological polar surface area (TPSA) is 92.3 Å². The molecule has 1 saturated heterocycles. The van der Waals surface area contributed by atoms with Gasteiger partial charge in [0.2, 0.25) is 21.8 Å². The minimum atomic E-state index is -4.00. The number of halogens is 2. The lowest BCUT2D eigenvalue weighted by molar-refractivity contribution is -0.134. The van der Waals surface area contributed by atoms with Crippen molar-refractivity contribution in [1.29, 1.82) is 0 Å². The van der Waals surface area contributed by atoms with E-state index in [2.05, 4.69) is 10.0 Å². The monoisotopic (exact) mass is 336 g/mol. The highest BCUT2D eigenvalue weighted by Crippen LogP contribution is 2.29. The first kappa shape index (κ1) is 15.2. The van der Waals surface area contributed by atoms with Gasteiger partial charge in [-0.1, -0.05) is 29.3 Å². The first-order valence-electron chi connectivity index (χ1n) is 5.61. The maximum atomic E-state index is 12.2. The van der Waals surface area contributed by atoms with Crippen LogP contribution >= 0.6 is 23.2 Å². The Morgan fingerprint density at radius 1 is 1.25 bits per heavy atom. The number of imide groups is 1. The Bertz CT molecular complexity index is 675. The molecule has 9 heteroatoms. The van der Waals surface area contributed by atoms with Gasteiger partial charge in [0, 0.05) is 6.42 Å². The predicted octanol–water partition coefficient (Wildman–Crippen LogP) is 1.08. The van der Waals surface area contributed by atoms with Gasteiger partial charge in [-0.2, -0.15) is 4.72 Å². The number of sulfonamides is 1. The second-order valence-electron chi connectivity index (χ2n) is 4.18. The highest BCUT2D eigenvalue weighted by Gasteiger charge is 2.31. The second-order valence-corrected chi connectivity index (χ2v) is 6.64. The first-order valence-corrected chi connectivity index (χ1v) is 7.85. The van der Waals surface area contributed by atoms with Crippen LogP contribution in [0.15, 0.2) is 23.1 Å². The Morgan fingerprint density at radius 2 is 1.95 bits per heavy atom. The fourth-order valence-electron chi connectivity index (χ4n) is 1.75. The average Bonchev–Trinajstić information content (AvgIpc) is 2.36. The lowest BCUT2D eigenvalue weighted by Crippen LogP contribution is -2.52. The van der Waals surface area contributed by atoms with E-state index in [-0.39, 0.29) is 27.8 Å². The third-order valence-corrected chi connectivity index (χ3v) is 5.19. The molecule has 0 saturated carbocycles. The third-order valence-electron chi connectivity index (χ3n) is 2.74. The molecule has 1 unspecified atom stereocenters. The van der Waals surface area contributed by atoms with E-state index >= 15 is 0 Å². The third kappa shape index (κ3) is 3.12. The number of benzene rings is 1. The zero-order chi connectivity index (χ0) is 14.9. The van der Waals surface area contributed by atoms with Gasteiger partial charge in [0.15, 0.2) is 0 Å². The zero-order valence-electron chi connectivity index (χ0n) is 10.0. The fourth-order valence-corrected chi connectivity index (χ4v) is 3.74. The van der Waals surface area contributed by atoms with Crippen molar-refractivity contribution in [2.75, 3.05) is 0 Å². The normalized spacial score (nSPS) is 19.8. The molecule has 1 aliphatic rings. The first-order chi connectivity index (χ1) is 9.31. The van der Waals surface area contributed by atoms with E-state index in [4.69, 9.17) is 23.2 Å². The van der Waals surface area contributed by atoms with Gasteiger partial charge in [0.25, 0.3) is 0 Å². The number of rotatable bonds is 3. The van der Waals surface area contributed by atoms with Gasteiger partial charge in [0.1, 0.15) is 10.9 Å². The van der Waals surface area contributed by atoms with E-state index < -0.39 is 27.9 Å². The van der Waals surface area contributed by atoms with Crippen LogP contribution in [0.2, 0.25) is 10.0 Å². The minimum absolute atomic E-state index is 0.0716. The number of nitrogens with one attached hydrogen (secondary N) is 2. The number of amides is 2. The predicted molar refractivity (Wildman–Crippen MR) is 73.0 cm³/mol. The Kier molecular flexibility index (Phi) is 4.33. The quantitative estimate of drug-likeness (QED) is 0.807. The molecule has 1 aromatic carbocycles. The summed E-state index contributed by atoms with van der Waals surface area (Å²) in [6.07, 6.45) is 0.171. The van der Waals surface area contributed by atoms with E-state index in [0.717, 1.165) is 0 Å². The molecule has 1 aromatic rings. The molecule has 20 heavy (non-hydrogen) atoms. The molecule has 6 nitrogen and oxygen atoms in total. The van der Waals surface area contributed by atoms with Gasteiger partial charge in [-0.3, -0.25) is 14.9 Å².